The van der Waals surface area contributed by atoms with Crippen molar-refractivity contribution in [2.75, 3.05) is 7.11 Å². The molecule has 1 heterocycles. The van der Waals surface area contributed by atoms with E-state index in [1.807, 2.05) is 28.8 Å². The summed E-state index contributed by atoms with van der Waals surface area (Å²) in [6.07, 6.45) is 2.51. The fraction of sp³-hybridized carbons (Fsp3) is 0.167. The van der Waals surface area contributed by atoms with E-state index in [0.29, 0.717) is 12.2 Å². The van der Waals surface area contributed by atoms with Crippen molar-refractivity contribution in [3.8, 4) is 5.75 Å². The van der Waals surface area contributed by atoms with Gasteiger partial charge in [-0.05, 0) is 40.3 Å². The zero-order valence-electron chi connectivity index (χ0n) is 9.26. The fourth-order valence-electron chi connectivity index (χ4n) is 1.54. The van der Waals surface area contributed by atoms with Gasteiger partial charge in [0.2, 0.25) is 0 Å². The van der Waals surface area contributed by atoms with Crippen LogP contribution in [0.25, 0.3) is 0 Å². The van der Waals surface area contributed by atoms with Crippen molar-refractivity contribution in [2.45, 2.75) is 6.54 Å². The van der Waals surface area contributed by atoms with Crippen LogP contribution in [0.4, 0.5) is 0 Å². The number of imidazole rings is 1. The molecule has 0 N–H and O–H groups in total. The third-order valence-corrected chi connectivity index (χ3v) is 3.29. The average molecular weight is 342 g/mol. The lowest BCUT2D eigenvalue weighted by molar-refractivity contribution is 0.111. The number of rotatable bonds is 4. The second-order valence-corrected chi connectivity index (χ2v) is 4.54. The number of methoxy groups -OCH3 is 1. The molecule has 0 aliphatic heterocycles. The third kappa shape index (κ3) is 2.66. The molecule has 5 heteroatoms. The number of carbonyl (C=O) groups is 1. The van der Waals surface area contributed by atoms with Crippen LogP contribution in [0.3, 0.4) is 0 Å². The summed E-state index contributed by atoms with van der Waals surface area (Å²) in [6, 6.07) is 7.75. The maximum Gasteiger partial charge on any atom is 0.169 e. The topological polar surface area (TPSA) is 44.1 Å². The van der Waals surface area contributed by atoms with Crippen LogP contribution in [0.15, 0.2) is 30.6 Å². The molecule has 0 unspecified atom stereocenters. The second-order valence-electron chi connectivity index (χ2n) is 3.51. The first-order chi connectivity index (χ1) is 8.24. The quantitative estimate of drug-likeness (QED) is 0.633. The lowest BCUT2D eigenvalue weighted by atomic mass is 10.2. The van der Waals surface area contributed by atoms with E-state index in [2.05, 4.69) is 27.6 Å². The van der Waals surface area contributed by atoms with E-state index in [-0.39, 0.29) is 0 Å². The molecular weight excluding hydrogens is 331 g/mol. The summed E-state index contributed by atoms with van der Waals surface area (Å²) >= 11 is 2.05. The number of carbonyl (C=O) groups excluding carboxylic acids is 1. The van der Waals surface area contributed by atoms with Crippen LogP contribution in [0.5, 0.6) is 5.75 Å². The van der Waals surface area contributed by atoms with E-state index < -0.39 is 0 Å². The highest BCUT2D eigenvalue weighted by Crippen LogP contribution is 2.14. The summed E-state index contributed by atoms with van der Waals surface area (Å²) in [5, 5.41) is 0. The minimum atomic E-state index is 0.612. The largest absolute Gasteiger partial charge is 0.497 e. The van der Waals surface area contributed by atoms with E-state index in [1.54, 1.807) is 13.4 Å². The van der Waals surface area contributed by atoms with Crippen molar-refractivity contribution in [2.24, 2.45) is 0 Å². The predicted octanol–water partition coefficient (Wildman–Crippen LogP) is 2.36. The number of halogens is 1. The SMILES string of the molecule is COc1ccc(Cn2cnc(I)c2C=O)cc1. The van der Waals surface area contributed by atoms with Gasteiger partial charge in [0.25, 0.3) is 0 Å². The first kappa shape index (κ1) is 12.1. The molecule has 0 bridgehead atoms. The minimum Gasteiger partial charge on any atom is -0.497 e. The van der Waals surface area contributed by atoms with Gasteiger partial charge >= 0.3 is 0 Å². The van der Waals surface area contributed by atoms with Crippen molar-refractivity contribution in [3.63, 3.8) is 0 Å². The summed E-state index contributed by atoms with van der Waals surface area (Å²) in [5.74, 6) is 0.824. The molecule has 0 saturated heterocycles. The van der Waals surface area contributed by atoms with Crippen molar-refractivity contribution in [1.29, 1.82) is 0 Å². The highest BCUT2D eigenvalue weighted by atomic mass is 127. The number of benzene rings is 1. The van der Waals surface area contributed by atoms with Crippen molar-refractivity contribution in [3.05, 3.63) is 45.6 Å². The predicted molar refractivity (Wildman–Crippen MR) is 72.4 cm³/mol. The molecular formula is C12H11IN2O2. The Hall–Kier alpha value is -1.37. The van der Waals surface area contributed by atoms with Crippen molar-refractivity contribution < 1.29 is 9.53 Å². The van der Waals surface area contributed by atoms with Gasteiger partial charge in [-0.3, -0.25) is 4.79 Å². The van der Waals surface area contributed by atoms with Crippen LogP contribution in [-0.4, -0.2) is 22.9 Å². The third-order valence-electron chi connectivity index (χ3n) is 2.45. The van der Waals surface area contributed by atoms with Crippen LogP contribution in [0.2, 0.25) is 0 Å². The Morgan fingerprint density at radius 1 is 1.41 bits per heavy atom. The van der Waals surface area contributed by atoms with Gasteiger partial charge in [0.15, 0.2) is 6.29 Å². The summed E-state index contributed by atoms with van der Waals surface area (Å²) in [7, 11) is 1.64. The van der Waals surface area contributed by atoms with Crippen LogP contribution in [-0.2, 0) is 6.54 Å². The van der Waals surface area contributed by atoms with Crippen LogP contribution < -0.4 is 4.74 Å². The van der Waals surface area contributed by atoms with Gasteiger partial charge < -0.3 is 9.30 Å². The molecule has 0 radical (unpaired) electrons. The first-order valence-corrected chi connectivity index (χ1v) is 6.11. The van der Waals surface area contributed by atoms with Crippen LogP contribution in [0.1, 0.15) is 16.1 Å². The van der Waals surface area contributed by atoms with Gasteiger partial charge in [-0.25, -0.2) is 4.98 Å². The van der Waals surface area contributed by atoms with Crippen LogP contribution in [0, 0.1) is 3.70 Å². The maximum absolute atomic E-state index is 10.9. The van der Waals surface area contributed by atoms with E-state index in [4.69, 9.17) is 4.74 Å². The lowest BCUT2D eigenvalue weighted by Crippen LogP contribution is -2.03. The number of hydrogen-bond acceptors (Lipinski definition) is 3. The van der Waals surface area contributed by atoms with Gasteiger partial charge in [-0.15, -0.1) is 0 Å². The van der Waals surface area contributed by atoms with Gasteiger partial charge in [0.05, 0.1) is 13.4 Å². The molecule has 4 nitrogen and oxygen atoms in total. The Labute approximate surface area is 113 Å². The lowest BCUT2D eigenvalue weighted by Gasteiger charge is -2.05. The van der Waals surface area contributed by atoms with E-state index >= 15 is 0 Å². The van der Waals surface area contributed by atoms with E-state index in [1.165, 1.54) is 0 Å². The standard InChI is InChI=1S/C12H11IN2O2/c1-17-10-4-2-9(3-5-10)6-15-8-14-12(13)11(15)7-16/h2-5,7-8H,6H2,1H3. The highest BCUT2D eigenvalue weighted by Gasteiger charge is 2.07. The number of aromatic nitrogens is 2. The number of ether oxygens (including phenoxy) is 1. The monoisotopic (exact) mass is 342 g/mol. The molecule has 0 aliphatic rings. The molecule has 1 aromatic carbocycles. The molecule has 2 aromatic rings. The number of hydrogen-bond donors (Lipinski definition) is 0. The summed E-state index contributed by atoms with van der Waals surface area (Å²) in [6.45, 7) is 0.633. The molecule has 0 amide bonds. The zero-order chi connectivity index (χ0) is 12.3. The van der Waals surface area contributed by atoms with E-state index in [0.717, 1.165) is 21.3 Å². The van der Waals surface area contributed by atoms with Crippen LogP contribution >= 0.6 is 22.6 Å². The van der Waals surface area contributed by atoms with Crippen molar-refractivity contribution in [1.82, 2.24) is 9.55 Å². The number of nitrogens with zero attached hydrogens (tertiary/aromatic N) is 2. The molecule has 88 valence electrons. The van der Waals surface area contributed by atoms with Gasteiger partial charge in [0, 0.05) is 6.54 Å². The zero-order valence-corrected chi connectivity index (χ0v) is 11.4. The minimum absolute atomic E-state index is 0.612. The Bertz CT molecular complexity index is 520. The second kappa shape index (κ2) is 5.31. The Balaban J connectivity index is 2.22. The molecule has 0 spiro atoms. The van der Waals surface area contributed by atoms with E-state index in [9.17, 15) is 4.79 Å². The van der Waals surface area contributed by atoms with Crippen molar-refractivity contribution >= 4 is 28.9 Å². The molecule has 0 saturated carbocycles. The van der Waals surface area contributed by atoms with Gasteiger partial charge in [-0.2, -0.15) is 0 Å². The Morgan fingerprint density at radius 3 is 2.71 bits per heavy atom. The van der Waals surface area contributed by atoms with Gasteiger partial charge in [0.1, 0.15) is 15.1 Å². The maximum atomic E-state index is 10.9. The summed E-state index contributed by atoms with van der Waals surface area (Å²) in [4.78, 5) is 15.0. The molecule has 17 heavy (non-hydrogen) atoms. The number of aldehydes is 1. The Kier molecular flexibility index (Phi) is 3.78. The first-order valence-electron chi connectivity index (χ1n) is 5.03. The molecule has 0 aliphatic carbocycles. The Morgan fingerprint density at radius 2 is 2.12 bits per heavy atom. The molecule has 2 rings (SSSR count). The summed E-state index contributed by atoms with van der Waals surface area (Å²) in [5.41, 5.74) is 1.71. The molecule has 0 atom stereocenters. The molecule has 1 aromatic heterocycles. The normalized spacial score (nSPS) is 10.2. The smallest absolute Gasteiger partial charge is 0.169 e. The molecule has 0 fully saturated rings. The van der Waals surface area contributed by atoms with Gasteiger partial charge in [-0.1, -0.05) is 12.1 Å². The highest BCUT2D eigenvalue weighted by molar-refractivity contribution is 14.1. The summed E-state index contributed by atoms with van der Waals surface area (Å²) < 4.78 is 7.65. The average Bonchev–Trinajstić information content (AvgIpc) is 2.71. The fourth-order valence-corrected chi connectivity index (χ4v) is 2.10.